The minimum atomic E-state index is -0.198. The number of ether oxygens (including phenoxy) is 1. The number of carbonyl (C=O) groups is 3. The Morgan fingerprint density at radius 2 is 1.80 bits per heavy atom. The van der Waals surface area contributed by atoms with Crippen LogP contribution >= 0.6 is 0 Å². The molecule has 1 aliphatic carbocycles. The number of carbonyl (C=O) groups excluding carboxylic acids is 3. The number of rotatable bonds is 11. The van der Waals surface area contributed by atoms with Gasteiger partial charge in [0.2, 0.25) is 0 Å². The molecule has 1 fully saturated rings. The molecule has 0 saturated carbocycles. The summed E-state index contributed by atoms with van der Waals surface area (Å²) >= 11 is 0. The first kappa shape index (κ1) is 32.7. The summed E-state index contributed by atoms with van der Waals surface area (Å²) in [5.41, 5.74) is 6.65. The number of H-pyrrole nitrogens is 1. The number of amides is 2. The minimum absolute atomic E-state index is 0.0920. The summed E-state index contributed by atoms with van der Waals surface area (Å²) in [5, 5.41) is 6.30. The lowest BCUT2D eigenvalue weighted by Crippen LogP contribution is -2.44. The van der Waals surface area contributed by atoms with Gasteiger partial charge in [0.15, 0.2) is 6.29 Å². The van der Waals surface area contributed by atoms with Crippen molar-refractivity contribution in [1.82, 2.24) is 20.5 Å². The lowest BCUT2D eigenvalue weighted by molar-refractivity contribution is -0.103. The highest BCUT2D eigenvalue weighted by atomic mass is 16.5. The van der Waals surface area contributed by atoms with E-state index in [0.717, 1.165) is 74.2 Å². The molecule has 2 heterocycles. The number of hydrogen-bond donors (Lipinski definition) is 3. The summed E-state index contributed by atoms with van der Waals surface area (Å²) in [6.45, 7) is 8.38. The lowest BCUT2D eigenvalue weighted by Gasteiger charge is -2.32. The second-order valence-corrected chi connectivity index (χ2v) is 12.2. The number of piperidine rings is 1. The molecule has 8 heteroatoms. The molecule has 240 valence electrons. The number of aryl methyl sites for hydroxylation is 1. The van der Waals surface area contributed by atoms with Crippen molar-refractivity contribution < 1.29 is 19.1 Å². The van der Waals surface area contributed by atoms with Crippen molar-refractivity contribution in [2.75, 3.05) is 20.2 Å². The van der Waals surface area contributed by atoms with Crippen molar-refractivity contribution in [2.45, 2.75) is 65.1 Å². The Bertz CT molecular complexity index is 1670. The number of methoxy groups -OCH3 is 1. The third-order valence-electron chi connectivity index (χ3n) is 8.92. The predicted molar refractivity (Wildman–Crippen MR) is 183 cm³/mol. The van der Waals surface area contributed by atoms with E-state index in [9.17, 15) is 14.4 Å². The third-order valence-corrected chi connectivity index (χ3v) is 8.92. The molecule has 8 nitrogen and oxygen atoms in total. The zero-order valence-electron chi connectivity index (χ0n) is 27.2. The zero-order chi connectivity index (χ0) is 32.6. The van der Waals surface area contributed by atoms with Crippen molar-refractivity contribution in [1.29, 1.82) is 0 Å². The molecular weight excluding hydrogens is 576 g/mol. The standard InChI is InChI=1S/C38H44N4O4/c1-25-35(22-32(24-43)30-13-9-14-31(21-30)37(44)40-26(2)29-11-6-5-7-12-29)39-27(3)36(25)38(45)41-33-16-18-42(19-17-33)23-28-10-8-15-34(20-28)46-4/h6,8-15,20-22,24,26,33,39H,5,7,16-19,23H2,1-4H3,(H,40,44)(H,41,45)/b32-22+. The fourth-order valence-electron chi connectivity index (χ4n) is 6.28. The van der Waals surface area contributed by atoms with Crippen molar-refractivity contribution in [3.63, 3.8) is 0 Å². The summed E-state index contributed by atoms with van der Waals surface area (Å²) in [4.78, 5) is 44.5. The average molecular weight is 621 g/mol. The van der Waals surface area contributed by atoms with Crippen LogP contribution in [0.4, 0.5) is 0 Å². The highest BCUT2D eigenvalue weighted by Crippen LogP contribution is 2.25. The summed E-state index contributed by atoms with van der Waals surface area (Å²) in [7, 11) is 1.68. The number of likely N-dealkylation sites (tertiary alicyclic amines) is 1. The van der Waals surface area contributed by atoms with Crippen LogP contribution < -0.4 is 15.4 Å². The quantitative estimate of drug-likeness (QED) is 0.176. The molecule has 0 spiro atoms. The third kappa shape index (κ3) is 7.93. The highest BCUT2D eigenvalue weighted by Gasteiger charge is 2.24. The molecule has 1 aliphatic heterocycles. The van der Waals surface area contributed by atoms with Crippen molar-refractivity contribution in [3.05, 3.63) is 112 Å². The van der Waals surface area contributed by atoms with Crippen LogP contribution in [-0.4, -0.2) is 60.3 Å². The molecule has 5 rings (SSSR count). The maximum atomic E-state index is 13.5. The van der Waals surface area contributed by atoms with Crippen LogP contribution in [0.5, 0.6) is 5.75 Å². The molecule has 3 N–H and O–H groups in total. The second kappa shape index (κ2) is 15.1. The van der Waals surface area contributed by atoms with Crippen LogP contribution in [0.25, 0.3) is 11.6 Å². The number of benzene rings is 2. The van der Waals surface area contributed by atoms with Crippen LogP contribution in [0.15, 0.2) is 72.3 Å². The predicted octanol–water partition coefficient (Wildman–Crippen LogP) is 6.17. The zero-order valence-corrected chi connectivity index (χ0v) is 27.2. The van der Waals surface area contributed by atoms with E-state index in [1.807, 2.05) is 39.0 Å². The van der Waals surface area contributed by atoms with E-state index in [4.69, 9.17) is 4.74 Å². The number of hydrogen-bond acceptors (Lipinski definition) is 5. The Balaban J connectivity index is 1.22. The molecule has 46 heavy (non-hydrogen) atoms. The van der Waals surface area contributed by atoms with Crippen LogP contribution in [0.3, 0.4) is 0 Å². The van der Waals surface area contributed by atoms with Gasteiger partial charge in [0, 0.05) is 48.2 Å². The van der Waals surface area contributed by atoms with Crippen LogP contribution in [0.1, 0.15) is 81.4 Å². The van der Waals surface area contributed by atoms with Gasteiger partial charge in [-0.15, -0.1) is 0 Å². The smallest absolute Gasteiger partial charge is 0.253 e. The molecule has 2 amide bonds. The molecule has 3 aromatic rings. The average Bonchev–Trinajstić information content (AvgIpc) is 3.36. The number of allylic oxidation sites excluding steroid dienone is 3. The second-order valence-electron chi connectivity index (χ2n) is 12.2. The normalized spacial score (nSPS) is 16.4. The van der Waals surface area contributed by atoms with E-state index < -0.39 is 0 Å². The van der Waals surface area contributed by atoms with Gasteiger partial charge in [-0.25, -0.2) is 0 Å². The number of nitrogens with one attached hydrogen (secondary N) is 3. The molecule has 2 aromatic carbocycles. The Kier molecular flexibility index (Phi) is 10.7. The highest BCUT2D eigenvalue weighted by molar-refractivity contribution is 6.14. The fraction of sp³-hybridized carbons (Fsp3) is 0.342. The number of nitrogens with zero attached hydrogens (tertiary/aromatic N) is 1. The first-order valence-electron chi connectivity index (χ1n) is 16.1. The van der Waals surface area contributed by atoms with E-state index >= 15 is 0 Å². The van der Waals surface area contributed by atoms with Crippen LogP contribution in [-0.2, 0) is 11.3 Å². The fourth-order valence-corrected chi connectivity index (χ4v) is 6.28. The van der Waals surface area contributed by atoms with Gasteiger partial charge < -0.3 is 20.4 Å². The first-order valence-corrected chi connectivity index (χ1v) is 16.1. The van der Waals surface area contributed by atoms with E-state index in [0.29, 0.717) is 28.0 Å². The maximum absolute atomic E-state index is 13.5. The molecule has 2 aliphatic rings. The molecule has 1 unspecified atom stereocenters. The van der Waals surface area contributed by atoms with E-state index in [1.54, 1.807) is 31.4 Å². The molecule has 0 radical (unpaired) electrons. The van der Waals surface area contributed by atoms with E-state index in [-0.39, 0.29) is 23.9 Å². The SMILES string of the molecule is COc1cccc(CN2CCC(NC(=O)c3c(C)[nH]c(/C=C(\C=O)c4cccc(C(=O)NC(C)C5=CCCC=C5)c4)c3C)CC2)c1. The number of aromatic nitrogens is 1. The summed E-state index contributed by atoms with van der Waals surface area (Å²) in [6, 6.07) is 15.2. The lowest BCUT2D eigenvalue weighted by atomic mass is 9.99. The Hall–Kier alpha value is -4.69. The molecule has 1 saturated heterocycles. The largest absolute Gasteiger partial charge is 0.497 e. The van der Waals surface area contributed by atoms with Gasteiger partial charge in [-0.1, -0.05) is 42.5 Å². The Labute approximate surface area is 271 Å². The Morgan fingerprint density at radius 1 is 1.04 bits per heavy atom. The van der Waals surface area contributed by atoms with Gasteiger partial charge in [-0.3, -0.25) is 19.3 Å². The number of aldehydes is 1. The van der Waals surface area contributed by atoms with Crippen LogP contribution in [0, 0.1) is 13.8 Å². The van der Waals surface area contributed by atoms with Gasteiger partial charge in [0.25, 0.3) is 11.8 Å². The molecule has 0 bridgehead atoms. The minimum Gasteiger partial charge on any atom is -0.497 e. The van der Waals surface area contributed by atoms with Gasteiger partial charge in [-0.05, 0) is 99.1 Å². The molecular formula is C38H44N4O4. The topological polar surface area (TPSA) is 104 Å². The van der Waals surface area contributed by atoms with Crippen molar-refractivity contribution in [3.8, 4) is 5.75 Å². The van der Waals surface area contributed by atoms with E-state index in [1.165, 1.54) is 5.56 Å². The van der Waals surface area contributed by atoms with Crippen molar-refractivity contribution in [2.24, 2.45) is 0 Å². The van der Waals surface area contributed by atoms with Crippen LogP contribution in [0.2, 0.25) is 0 Å². The monoisotopic (exact) mass is 620 g/mol. The van der Waals surface area contributed by atoms with E-state index in [2.05, 4.69) is 50.9 Å². The first-order chi connectivity index (χ1) is 22.2. The van der Waals surface area contributed by atoms with Crippen molar-refractivity contribution >= 4 is 29.7 Å². The van der Waals surface area contributed by atoms with Gasteiger partial charge in [0.1, 0.15) is 5.75 Å². The Morgan fingerprint density at radius 3 is 2.52 bits per heavy atom. The molecule has 1 atom stereocenters. The van der Waals surface area contributed by atoms with Gasteiger partial charge in [-0.2, -0.15) is 0 Å². The van der Waals surface area contributed by atoms with Gasteiger partial charge >= 0.3 is 0 Å². The molecule has 1 aromatic heterocycles. The number of aromatic amines is 1. The maximum Gasteiger partial charge on any atom is 0.253 e. The summed E-state index contributed by atoms with van der Waals surface area (Å²) in [6.07, 6.45) is 12.6. The van der Waals surface area contributed by atoms with Gasteiger partial charge in [0.05, 0.1) is 18.7 Å². The summed E-state index contributed by atoms with van der Waals surface area (Å²) < 4.78 is 5.35. The summed E-state index contributed by atoms with van der Waals surface area (Å²) in [5.74, 6) is 0.551.